The van der Waals surface area contributed by atoms with E-state index in [1.165, 1.54) is 0 Å². The second kappa shape index (κ2) is 6.06. The lowest BCUT2D eigenvalue weighted by Gasteiger charge is -2.08. The average Bonchev–Trinajstić information content (AvgIpc) is 3.00. The molecular formula is C16H13NO4. The van der Waals surface area contributed by atoms with Crippen molar-refractivity contribution in [3.8, 4) is 29.1 Å². The first-order chi connectivity index (χ1) is 10.3. The van der Waals surface area contributed by atoms with Crippen LogP contribution in [0.25, 0.3) is 0 Å². The smallest absolute Gasteiger partial charge is 0.231 e. The highest BCUT2D eigenvalue weighted by molar-refractivity contribution is 5.46. The van der Waals surface area contributed by atoms with Gasteiger partial charge in [-0.1, -0.05) is 0 Å². The summed E-state index contributed by atoms with van der Waals surface area (Å²) in [5, 5.41) is 8.71. The molecule has 0 amide bonds. The van der Waals surface area contributed by atoms with Gasteiger partial charge in [0.15, 0.2) is 11.5 Å². The molecule has 106 valence electrons. The number of ether oxygens (including phenoxy) is 4. The van der Waals surface area contributed by atoms with Crippen molar-refractivity contribution in [3.63, 3.8) is 0 Å². The monoisotopic (exact) mass is 283 g/mol. The Morgan fingerprint density at radius 3 is 2.33 bits per heavy atom. The molecule has 0 N–H and O–H groups in total. The number of hydrogen-bond donors (Lipinski definition) is 0. The lowest BCUT2D eigenvalue weighted by atomic mass is 10.2. The van der Waals surface area contributed by atoms with Crippen LogP contribution in [0, 0.1) is 11.3 Å². The number of hydrogen-bond acceptors (Lipinski definition) is 5. The Bertz CT molecular complexity index is 661. The summed E-state index contributed by atoms with van der Waals surface area (Å²) in [5.74, 6) is 2.85. The minimum atomic E-state index is 0.251. The van der Waals surface area contributed by atoms with Gasteiger partial charge in [0.2, 0.25) is 6.79 Å². The Labute approximate surface area is 122 Å². The highest BCUT2D eigenvalue weighted by atomic mass is 16.7. The van der Waals surface area contributed by atoms with Gasteiger partial charge in [-0.3, -0.25) is 0 Å². The van der Waals surface area contributed by atoms with E-state index in [1.807, 2.05) is 12.1 Å². The summed E-state index contributed by atoms with van der Waals surface area (Å²) in [6.45, 7) is 1.08. The summed E-state index contributed by atoms with van der Waals surface area (Å²) < 4.78 is 21.6. The zero-order valence-electron chi connectivity index (χ0n) is 11.2. The van der Waals surface area contributed by atoms with Crippen LogP contribution >= 0.6 is 0 Å². The maximum absolute atomic E-state index is 8.71. The van der Waals surface area contributed by atoms with Crippen LogP contribution in [0.3, 0.4) is 0 Å². The number of nitriles is 1. The van der Waals surface area contributed by atoms with E-state index < -0.39 is 0 Å². The third-order valence-corrected chi connectivity index (χ3v) is 2.95. The molecule has 2 aromatic rings. The molecule has 0 saturated heterocycles. The number of fused-ring (bicyclic) bond motifs is 1. The van der Waals surface area contributed by atoms with Crippen LogP contribution in [0.1, 0.15) is 5.56 Å². The predicted octanol–water partition coefficient (Wildman–Crippen LogP) is 2.74. The van der Waals surface area contributed by atoms with Crippen LogP contribution in [0.15, 0.2) is 42.5 Å². The second-order valence-electron chi connectivity index (χ2n) is 4.35. The first kappa shape index (κ1) is 13.1. The van der Waals surface area contributed by atoms with Crippen LogP contribution < -0.4 is 18.9 Å². The van der Waals surface area contributed by atoms with Gasteiger partial charge in [0.1, 0.15) is 24.7 Å². The molecule has 0 saturated carbocycles. The molecule has 0 aliphatic carbocycles. The van der Waals surface area contributed by atoms with Gasteiger partial charge in [-0.25, -0.2) is 0 Å². The average molecular weight is 283 g/mol. The summed E-state index contributed by atoms with van der Waals surface area (Å²) in [4.78, 5) is 0. The quantitative estimate of drug-likeness (QED) is 0.790. The maximum Gasteiger partial charge on any atom is 0.231 e. The number of rotatable bonds is 5. The van der Waals surface area contributed by atoms with Gasteiger partial charge in [-0.05, 0) is 36.4 Å². The Morgan fingerprint density at radius 1 is 0.905 bits per heavy atom. The van der Waals surface area contributed by atoms with Gasteiger partial charge < -0.3 is 18.9 Å². The molecule has 1 aliphatic rings. The van der Waals surface area contributed by atoms with E-state index in [9.17, 15) is 0 Å². The standard InChI is InChI=1S/C16H13NO4/c17-10-12-1-3-13(4-2-12)18-7-8-19-14-5-6-15-16(9-14)21-11-20-15/h1-6,9H,7-8,11H2. The summed E-state index contributed by atoms with van der Waals surface area (Å²) in [5.41, 5.74) is 0.610. The molecule has 0 spiro atoms. The fourth-order valence-electron chi connectivity index (χ4n) is 1.91. The molecule has 0 unspecified atom stereocenters. The molecule has 0 atom stereocenters. The Hall–Kier alpha value is -2.87. The number of benzene rings is 2. The van der Waals surface area contributed by atoms with Crippen LogP contribution in [0.5, 0.6) is 23.0 Å². The fraction of sp³-hybridized carbons (Fsp3) is 0.188. The van der Waals surface area contributed by atoms with Crippen molar-refractivity contribution in [1.82, 2.24) is 0 Å². The van der Waals surface area contributed by atoms with Crippen molar-refractivity contribution in [2.24, 2.45) is 0 Å². The molecule has 5 nitrogen and oxygen atoms in total. The van der Waals surface area contributed by atoms with E-state index in [-0.39, 0.29) is 6.79 Å². The first-order valence-electron chi connectivity index (χ1n) is 6.50. The van der Waals surface area contributed by atoms with Crippen LogP contribution in [0.4, 0.5) is 0 Å². The molecule has 5 heteroatoms. The van der Waals surface area contributed by atoms with E-state index in [1.54, 1.807) is 30.3 Å². The molecule has 2 aromatic carbocycles. The minimum absolute atomic E-state index is 0.251. The van der Waals surface area contributed by atoms with Crippen LogP contribution in [-0.4, -0.2) is 20.0 Å². The van der Waals surface area contributed by atoms with Crippen molar-refractivity contribution in [1.29, 1.82) is 5.26 Å². The van der Waals surface area contributed by atoms with Gasteiger partial charge in [0, 0.05) is 6.07 Å². The van der Waals surface area contributed by atoms with E-state index in [4.69, 9.17) is 24.2 Å². The Morgan fingerprint density at radius 2 is 1.57 bits per heavy atom. The van der Waals surface area contributed by atoms with Gasteiger partial charge in [-0.2, -0.15) is 5.26 Å². The summed E-state index contributed by atoms with van der Waals surface area (Å²) in [6, 6.07) is 14.5. The topological polar surface area (TPSA) is 60.7 Å². The molecule has 1 heterocycles. The first-order valence-corrected chi connectivity index (χ1v) is 6.50. The molecular weight excluding hydrogens is 270 g/mol. The Balaban J connectivity index is 1.46. The molecule has 0 bridgehead atoms. The second-order valence-corrected chi connectivity index (χ2v) is 4.35. The van der Waals surface area contributed by atoms with Crippen molar-refractivity contribution >= 4 is 0 Å². The van der Waals surface area contributed by atoms with E-state index in [2.05, 4.69) is 6.07 Å². The third kappa shape index (κ3) is 3.18. The van der Waals surface area contributed by atoms with Crippen molar-refractivity contribution in [3.05, 3.63) is 48.0 Å². The molecule has 1 aliphatic heterocycles. The fourth-order valence-corrected chi connectivity index (χ4v) is 1.91. The van der Waals surface area contributed by atoms with Crippen LogP contribution in [0.2, 0.25) is 0 Å². The van der Waals surface area contributed by atoms with E-state index >= 15 is 0 Å². The zero-order chi connectivity index (χ0) is 14.5. The summed E-state index contributed by atoms with van der Waals surface area (Å²) >= 11 is 0. The normalized spacial score (nSPS) is 11.8. The van der Waals surface area contributed by atoms with Gasteiger partial charge in [0.05, 0.1) is 11.6 Å². The van der Waals surface area contributed by atoms with Crippen LogP contribution in [-0.2, 0) is 0 Å². The SMILES string of the molecule is N#Cc1ccc(OCCOc2ccc3c(c2)OCO3)cc1. The third-order valence-electron chi connectivity index (χ3n) is 2.95. The molecule has 0 aromatic heterocycles. The van der Waals surface area contributed by atoms with E-state index in [0.29, 0.717) is 36.0 Å². The molecule has 21 heavy (non-hydrogen) atoms. The van der Waals surface area contributed by atoms with Crippen molar-refractivity contribution in [2.45, 2.75) is 0 Å². The van der Waals surface area contributed by atoms with Crippen molar-refractivity contribution < 1.29 is 18.9 Å². The zero-order valence-corrected chi connectivity index (χ0v) is 11.2. The maximum atomic E-state index is 8.71. The largest absolute Gasteiger partial charge is 0.490 e. The number of nitrogens with zero attached hydrogens (tertiary/aromatic N) is 1. The summed E-state index contributed by atoms with van der Waals surface area (Å²) in [7, 11) is 0. The molecule has 0 fully saturated rings. The van der Waals surface area contributed by atoms with Gasteiger partial charge in [0.25, 0.3) is 0 Å². The summed E-state index contributed by atoms with van der Waals surface area (Å²) in [6.07, 6.45) is 0. The highest BCUT2D eigenvalue weighted by Crippen LogP contribution is 2.34. The van der Waals surface area contributed by atoms with Crippen molar-refractivity contribution in [2.75, 3.05) is 20.0 Å². The highest BCUT2D eigenvalue weighted by Gasteiger charge is 2.13. The lowest BCUT2D eigenvalue weighted by molar-refractivity contribution is 0.173. The molecule has 0 radical (unpaired) electrons. The predicted molar refractivity (Wildman–Crippen MR) is 74.7 cm³/mol. The van der Waals surface area contributed by atoms with E-state index in [0.717, 1.165) is 5.75 Å². The van der Waals surface area contributed by atoms with Gasteiger partial charge >= 0.3 is 0 Å². The minimum Gasteiger partial charge on any atom is -0.490 e. The van der Waals surface area contributed by atoms with Gasteiger partial charge in [-0.15, -0.1) is 0 Å². The molecule has 3 rings (SSSR count). The lowest BCUT2D eigenvalue weighted by Crippen LogP contribution is -2.08. The Kier molecular flexibility index (Phi) is 3.79.